The molecule has 0 fully saturated rings. The van der Waals surface area contributed by atoms with Gasteiger partial charge >= 0.3 is 5.97 Å². The predicted octanol–water partition coefficient (Wildman–Crippen LogP) is 3.04. The fourth-order valence-corrected chi connectivity index (χ4v) is 2.33. The number of nitrogens with zero attached hydrogens (tertiary/aromatic N) is 3. The third-order valence-electron chi connectivity index (χ3n) is 3.64. The Morgan fingerprint density at radius 2 is 1.86 bits per heavy atom. The van der Waals surface area contributed by atoms with Crippen LogP contribution in [0.25, 0.3) is 16.9 Å². The van der Waals surface area contributed by atoms with Crippen molar-refractivity contribution in [3.05, 3.63) is 53.0 Å². The predicted molar refractivity (Wildman–Crippen MR) is 80.0 cm³/mol. The number of fused-ring (bicyclic) bond motifs is 1. The van der Waals surface area contributed by atoms with E-state index in [1.807, 2.05) is 32.9 Å². The molecule has 0 unspecified atom stereocenters. The monoisotopic (exact) mass is 281 g/mol. The van der Waals surface area contributed by atoms with Gasteiger partial charge in [0.05, 0.1) is 11.0 Å². The number of rotatable bonds is 2. The highest BCUT2D eigenvalue weighted by Crippen LogP contribution is 2.23. The molecule has 2 heterocycles. The van der Waals surface area contributed by atoms with Crippen LogP contribution in [-0.4, -0.2) is 25.6 Å². The Bertz CT molecular complexity index is 865. The first-order chi connectivity index (χ1) is 9.97. The van der Waals surface area contributed by atoms with Crippen molar-refractivity contribution in [3.63, 3.8) is 0 Å². The Morgan fingerprint density at radius 1 is 1.14 bits per heavy atom. The molecule has 0 radical (unpaired) electrons. The van der Waals surface area contributed by atoms with Gasteiger partial charge in [-0.1, -0.05) is 0 Å². The first-order valence-electron chi connectivity index (χ1n) is 6.63. The molecule has 0 saturated carbocycles. The third kappa shape index (κ3) is 2.16. The third-order valence-corrected chi connectivity index (χ3v) is 3.64. The summed E-state index contributed by atoms with van der Waals surface area (Å²) in [6.45, 7) is 5.89. The fraction of sp³-hybridized carbons (Fsp3) is 0.188. The van der Waals surface area contributed by atoms with E-state index in [4.69, 9.17) is 0 Å². The van der Waals surface area contributed by atoms with Crippen LogP contribution in [0.3, 0.4) is 0 Å². The van der Waals surface area contributed by atoms with Gasteiger partial charge in [-0.3, -0.25) is 4.57 Å². The molecule has 1 N–H and O–H groups in total. The molecule has 3 rings (SSSR count). The molecule has 0 spiro atoms. The number of carboxylic acid groups (broad SMARTS) is 1. The summed E-state index contributed by atoms with van der Waals surface area (Å²) in [5.74, 6) is -0.601. The van der Waals surface area contributed by atoms with Gasteiger partial charge in [-0.2, -0.15) is 0 Å². The van der Waals surface area contributed by atoms with Crippen molar-refractivity contribution >= 4 is 17.0 Å². The molecule has 2 aromatic heterocycles. The van der Waals surface area contributed by atoms with Gasteiger partial charge in [0.15, 0.2) is 5.82 Å². The number of hydrogen-bond acceptors (Lipinski definition) is 3. The average Bonchev–Trinajstić information content (AvgIpc) is 2.81. The molecule has 0 amide bonds. The lowest BCUT2D eigenvalue weighted by atomic mass is 10.1. The topological polar surface area (TPSA) is 68.0 Å². The second-order valence-corrected chi connectivity index (χ2v) is 5.17. The van der Waals surface area contributed by atoms with E-state index in [1.54, 1.807) is 23.0 Å². The van der Waals surface area contributed by atoms with Crippen molar-refractivity contribution in [2.24, 2.45) is 0 Å². The zero-order valence-electron chi connectivity index (χ0n) is 12.1. The molecule has 5 heteroatoms. The smallest absolute Gasteiger partial charge is 0.339 e. The van der Waals surface area contributed by atoms with E-state index in [2.05, 4.69) is 9.97 Å². The molecular formula is C16H15N3O2. The minimum atomic E-state index is -0.997. The quantitative estimate of drug-likeness (QED) is 0.784. The number of aryl methyl sites for hydroxylation is 3. The van der Waals surface area contributed by atoms with Crippen LogP contribution >= 0.6 is 0 Å². The standard InChI is InChI=1S/C16H15N3O2/c1-9-6-13-14(7-10(9)2)19(8-17-13)15-12(16(20)21)5-4-11(3)18-15/h4-8H,1-3H3,(H,20,21). The van der Waals surface area contributed by atoms with Gasteiger partial charge in [-0.15, -0.1) is 0 Å². The number of pyridine rings is 1. The van der Waals surface area contributed by atoms with E-state index in [1.165, 1.54) is 0 Å². The number of aromatic nitrogens is 3. The summed E-state index contributed by atoms with van der Waals surface area (Å²) in [6.07, 6.45) is 1.62. The summed E-state index contributed by atoms with van der Waals surface area (Å²) in [7, 11) is 0. The van der Waals surface area contributed by atoms with Crippen molar-refractivity contribution in [2.45, 2.75) is 20.8 Å². The van der Waals surface area contributed by atoms with E-state index < -0.39 is 5.97 Å². The summed E-state index contributed by atoms with van der Waals surface area (Å²) >= 11 is 0. The maximum absolute atomic E-state index is 11.4. The highest BCUT2D eigenvalue weighted by molar-refractivity contribution is 5.92. The van der Waals surface area contributed by atoms with Crippen molar-refractivity contribution in [2.75, 3.05) is 0 Å². The van der Waals surface area contributed by atoms with Gasteiger partial charge < -0.3 is 5.11 Å². The first-order valence-corrected chi connectivity index (χ1v) is 6.63. The Morgan fingerprint density at radius 3 is 2.57 bits per heavy atom. The first kappa shape index (κ1) is 13.3. The number of benzene rings is 1. The van der Waals surface area contributed by atoms with E-state index in [0.717, 1.165) is 27.9 Å². The molecule has 5 nitrogen and oxygen atoms in total. The van der Waals surface area contributed by atoms with Crippen LogP contribution in [0, 0.1) is 20.8 Å². The maximum Gasteiger partial charge on any atom is 0.339 e. The SMILES string of the molecule is Cc1ccc(C(=O)O)c(-n2cnc3cc(C)c(C)cc32)n1. The lowest BCUT2D eigenvalue weighted by molar-refractivity contribution is 0.0696. The van der Waals surface area contributed by atoms with Crippen LogP contribution in [0.15, 0.2) is 30.6 Å². The maximum atomic E-state index is 11.4. The number of carboxylic acids is 1. The molecule has 0 aliphatic heterocycles. The van der Waals surface area contributed by atoms with E-state index in [-0.39, 0.29) is 5.56 Å². The lowest BCUT2D eigenvalue weighted by Crippen LogP contribution is -2.08. The van der Waals surface area contributed by atoms with Gasteiger partial charge in [0.2, 0.25) is 0 Å². The molecular weight excluding hydrogens is 266 g/mol. The second-order valence-electron chi connectivity index (χ2n) is 5.17. The van der Waals surface area contributed by atoms with Gasteiger partial charge in [0.1, 0.15) is 11.9 Å². The van der Waals surface area contributed by atoms with Crippen LogP contribution in [0.4, 0.5) is 0 Å². The van der Waals surface area contributed by atoms with Crippen LogP contribution in [0.5, 0.6) is 0 Å². The number of imidazole rings is 1. The molecule has 106 valence electrons. The minimum absolute atomic E-state index is 0.165. The molecule has 1 aromatic carbocycles. The molecule has 0 aliphatic carbocycles. The van der Waals surface area contributed by atoms with Crippen molar-refractivity contribution in [1.82, 2.24) is 14.5 Å². The summed E-state index contributed by atoms with van der Waals surface area (Å²) < 4.78 is 1.73. The van der Waals surface area contributed by atoms with Crippen LogP contribution < -0.4 is 0 Å². The summed E-state index contributed by atoms with van der Waals surface area (Å²) in [5, 5.41) is 9.35. The molecule has 21 heavy (non-hydrogen) atoms. The van der Waals surface area contributed by atoms with Gasteiger partial charge in [-0.25, -0.2) is 14.8 Å². The summed E-state index contributed by atoms with van der Waals surface area (Å²) in [4.78, 5) is 20.1. The van der Waals surface area contributed by atoms with Crippen molar-refractivity contribution in [3.8, 4) is 5.82 Å². The van der Waals surface area contributed by atoms with E-state index in [9.17, 15) is 9.90 Å². The van der Waals surface area contributed by atoms with E-state index in [0.29, 0.717) is 5.82 Å². The van der Waals surface area contributed by atoms with Gasteiger partial charge in [-0.05, 0) is 56.2 Å². The molecule has 0 bridgehead atoms. The Labute approximate surface area is 121 Å². The van der Waals surface area contributed by atoms with Crippen molar-refractivity contribution < 1.29 is 9.90 Å². The largest absolute Gasteiger partial charge is 0.478 e. The zero-order valence-corrected chi connectivity index (χ0v) is 12.1. The number of carbonyl (C=O) groups is 1. The van der Waals surface area contributed by atoms with E-state index >= 15 is 0 Å². The molecule has 0 aliphatic rings. The van der Waals surface area contributed by atoms with Crippen molar-refractivity contribution in [1.29, 1.82) is 0 Å². The highest BCUT2D eigenvalue weighted by atomic mass is 16.4. The molecule has 0 atom stereocenters. The number of aromatic carboxylic acids is 1. The van der Waals surface area contributed by atoms with Crippen LogP contribution in [-0.2, 0) is 0 Å². The Kier molecular flexibility index (Phi) is 2.97. The second kappa shape index (κ2) is 4.70. The molecule has 0 saturated heterocycles. The fourth-order valence-electron chi connectivity index (χ4n) is 2.33. The van der Waals surface area contributed by atoms with Gasteiger partial charge in [0, 0.05) is 5.69 Å². The highest BCUT2D eigenvalue weighted by Gasteiger charge is 2.16. The summed E-state index contributed by atoms with van der Waals surface area (Å²) in [6, 6.07) is 7.28. The number of hydrogen-bond donors (Lipinski definition) is 1. The summed E-state index contributed by atoms with van der Waals surface area (Å²) in [5.41, 5.74) is 4.91. The Balaban J connectivity index is 2.33. The molecule has 3 aromatic rings. The zero-order chi connectivity index (χ0) is 15.1. The normalized spacial score (nSPS) is 11.0. The minimum Gasteiger partial charge on any atom is -0.478 e. The lowest BCUT2D eigenvalue weighted by Gasteiger charge is -2.09. The average molecular weight is 281 g/mol. The Hall–Kier alpha value is -2.69. The van der Waals surface area contributed by atoms with Crippen LogP contribution in [0.1, 0.15) is 27.2 Å². The van der Waals surface area contributed by atoms with Gasteiger partial charge in [0.25, 0.3) is 0 Å². The van der Waals surface area contributed by atoms with Crippen LogP contribution in [0.2, 0.25) is 0 Å².